The topological polar surface area (TPSA) is 29.5 Å². The number of rotatable bonds is 3. The third-order valence-corrected chi connectivity index (χ3v) is 3.67. The normalized spacial score (nSPS) is 12.3. The predicted octanol–water partition coefficient (Wildman–Crippen LogP) is 4.94. The third-order valence-electron chi connectivity index (χ3n) is 3.08. The van der Waals surface area contributed by atoms with E-state index in [1.165, 1.54) is 6.07 Å². The summed E-state index contributed by atoms with van der Waals surface area (Å²) in [5.74, 6) is 0.0358. The number of aryl methyl sites for hydroxylation is 2. The summed E-state index contributed by atoms with van der Waals surface area (Å²) < 4.78 is 19.5. The first-order chi connectivity index (χ1) is 9.40. The molecule has 0 aromatic heterocycles. The lowest BCUT2D eigenvalue weighted by molar-refractivity contribution is 0.194. The van der Waals surface area contributed by atoms with Gasteiger partial charge in [0.25, 0.3) is 0 Å². The Kier molecular flexibility index (Phi) is 4.31. The lowest BCUT2D eigenvalue weighted by Crippen LogP contribution is -1.99. The molecule has 2 aromatic rings. The van der Waals surface area contributed by atoms with E-state index in [-0.39, 0.29) is 5.75 Å². The minimum absolute atomic E-state index is 0.0450. The zero-order chi connectivity index (χ0) is 14.9. The maximum absolute atomic E-state index is 13.9. The zero-order valence-electron chi connectivity index (χ0n) is 11.6. The second-order valence-corrected chi connectivity index (χ2v) is 5.19. The Morgan fingerprint density at radius 1 is 1.20 bits per heavy atom. The van der Waals surface area contributed by atoms with Crippen LogP contribution in [0.5, 0.6) is 11.5 Å². The van der Waals surface area contributed by atoms with Gasteiger partial charge in [-0.3, -0.25) is 0 Å². The minimum atomic E-state index is -0.810. The second-order valence-electron chi connectivity index (χ2n) is 4.81. The predicted molar refractivity (Wildman–Crippen MR) is 78.0 cm³/mol. The van der Waals surface area contributed by atoms with E-state index < -0.39 is 11.9 Å². The van der Waals surface area contributed by atoms with Crippen molar-refractivity contribution in [1.29, 1.82) is 0 Å². The fourth-order valence-corrected chi connectivity index (χ4v) is 2.15. The Morgan fingerprint density at radius 3 is 2.35 bits per heavy atom. The van der Waals surface area contributed by atoms with Crippen molar-refractivity contribution in [3.05, 3.63) is 57.9 Å². The van der Waals surface area contributed by atoms with Gasteiger partial charge in [0, 0.05) is 10.6 Å². The monoisotopic (exact) mass is 294 g/mol. The summed E-state index contributed by atoms with van der Waals surface area (Å²) in [5, 5.41) is 10.4. The average Bonchev–Trinajstić information content (AvgIpc) is 2.38. The molecule has 0 spiro atoms. The van der Waals surface area contributed by atoms with Crippen LogP contribution in [0.4, 0.5) is 4.39 Å². The standard InChI is InChI=1S/C16H16ClFO2/c1-9-7-12(8-10(2)15(9)17)20-16-13(11(3)19)5-4-6-14(16)18/h4-8,11,19H,1-3H3/t11-/m1/s1. The van der Waals surface area contributed by atoms with Crippen LogP contribution in [-0.4, -0.2) is 5.11 Å². The van der Waals surface area contributed by atoms with Crippen LogP contribution in [0.25, 0.3) is 0 Å². The van der Waals surface area contributed by atoms with Crippen LogP contribution in [0.2, 0.25) is 5.02 Å². The quantitative estimate of drug-likeness (QED) is 0.868. The number of hydrogen-bond donors (Lipinski definition) is 1. The molecule has 0 radical (unpaired) electrons. The Bertz CT molecular complexity index is 615. The van der Waals surface area contributed by atoms with Gasteiger partial charge in [0.1, 0.15) is 5.75 Å². The van der Waals surface area contributed by atoms with Crippen LogP contribution in [0.15, 0.2) is 30.3 Å². The molecular weight excluding hydrogens is 279 g/mol. The van der Waals surface area contributed by atoms with Crippen molar-refractivity contribution >= 4 is 11.6 Å². The Morgan fingerprint density at radius 2 is 1.80 bits per heavy atom. The molecule has 1 N–H and O–H groups in total. The molecule has 0 aliphatic rings. The van der Waals surface area contributed by atoms with Crippen molar-refractivity contribution in [1.82, 2.24) is 0 Å². The van der Waals surface area contributed by atoms with Crippen LogP contribution >= 0.6 is 11.6 Å². The van der Waals surface area contributed by atoms with Gasteiger partial charge in [-0.2, -0.15) is 0 Å². The van der Waals surface area contributed by atoms with E-state index in [0.717, 1.165) is 11.1 Å². The molecule has 0 bridgehead atoms. The van der Waals surface area contributed by atoms with Crippen molar-refractivity contribution in [2.45, 2.75) is 26.9 Å². The summed E-state index contributed by atoms with van der Waals surface area (Å²) in [6, 6.07) is 7.97. The lowest BCUT2D eigenvalue weighted by Gasteiger charge is -2.15. The molecule has 2 rings (SSSR count). The van der Waals surface area contributed by atoms with E-state index >= 15 is 0 Å². The Labute approximate surface area is 122 Å². The molecule has 1 atom stereocenters. The number of ether oxygens (including phenoxy) is 1. The number of halogens is 2. The average molecular weight is 295 g/mol. The summed E-state index contributed by atoms with van der Waals surface area (Å²) >= 11 is 6.10. The highest BCUT2D eigenvalue weighted by Gasteiger charge is 2.15. The molecule has 0 amide bonds. The highest BCUT2D eigenvalue weighted by molar-refractivity contribution is 6.32. The van der Waals surface area contributed by atoms with Crippen molar-refractivity contribution in [3.8, 4) is 11.5 Å². The fourth-order valence-electron chi connectivity index (χ4n) is 2.05. The molecule has 0 aliphatic carbocycles. The van der Waals surface area contributed by atoms with Crippen molar-refractivity contribution in [3.63, 3.8) is 0 Å². The molecular formula is C16H16ClFO2. The molecule has 106 valence electrons. The van der Waals surface area contributed by atoms with Gasteiger partial charge in [0.05, 0.1) is 6.10 Å². The molecule has 4 heteroatoms. The van der Waals surface area contributed by atoms with Crippen molar-refractivity contribution in [2.24, 2.45) is 0 Å². The molecule has 0 saturated carbocycles. The van der Waals surface area contributed by atoms with E-state index in [9.17, 15) is 9.50 Å². The van der Waals surface area contributed by atoms with E-state index in [0.29, 0.717) is 16.3 Å². The Hall–Kier alpha value is -1.58. The lowest BCUT2D eigenvalue weighted by atomic mass is 10.1. The molecule has 0 heterocycles. The van der Waals surface area contributed by atoms with E-state index in [1.807, 2.05) is 13.8 Å². The van der Waals surface area contributed by atoms with Gasteiger partial charge in [-0.05, 0) is 50.1 Å². The third kappa shape index (κ3) is 2.94. The Balaban J connectivity index is 2.45. The van der Waals surface area contributed by atoms with E-state index in [4.69, 9.17) is 16.3 Å². The summed E-state index contributed by atoms with van der Waals surface area (Å²) in [5.41, 5.74) is 2.13. The van der Waals surface area contributed by atoms with E-state index in [1.54, 1.807) is 31.2 Å². The van der Waals surface area contributed by atoms with Gasteiger partial charge in [-0.25, -0.2) is 4.39 Å². The largest absolute Gasteiger partial charge is 0.454 e. The first-order valence-electron chi connectivity index (χ1n) is 6.31. The van der Waals surface area contributed by atoms with Gasteiger partial charge in [-0.15, -0.1) is 0 Å². The summed E-state index contributed by atoms with van der Waals surface area (Å²) in [7, 11) is 0. The number of hydrogen-bond acceptors (Lipinski definition) is 2. The molecule has 0 saturated heterocycles. The van der Waals surface area contributed by atoms with Gasteiger partial charge in [-0.1, -0.05) is 23.7 Å². The van der Waals surface area contributed by atoms with Crippen molar-refractivity contribution < 1.29 is 14.2 Å². The second kappa shape index (κ2) is 5.81. The van der Waals surface area contributed by atoms with Gasteiger partial charge < -0.3 is 9.84 Å². The first kappa shape index (κ1) is 14.8. The van der Waals surface area contributed by atoms with Gasteiger partial charge in [0.15, 0.2) is 11.6 Å². The molecule has 20 heavy (non-hydrogen) atoms. The zero-order valence-corrected chi connectivity index (χ0v) is 12.3. The molecule has 0 unspecified atom stereocenters. The number of aliphatic hydroxyl groups is 1. The molecule has 0 aliphatic heterocycles. The maximum atomic E-state index is 13.9. The SMILES string of the molecule is Cc1cc(Oc2c(F)cccc2[C@@H](C)O)cc(C)c1Cl. The minimum Gasteiger partial charge on any atom is -0.454 e. The smallest absolute Gasteiger partial charge is 0.168 e. The molecule has 2 nitrogen and oxygen atoms in total. The van der Waals surface area contributed by atoms with Crippen LogP contribution in [0.3, 0.4) is 0 Å². The highest BCUT2D eigenvalue weighted by atomic mass is 35.5. The summed E-state index contributed by atoms with van der Waals surface area (Å²) in [4.78, 5) is 0. The highest BCUT2D eigenvalue weighted by Crippen LogP contribution is 2.34. The summed E-state index contributed by atoms with van der Waals surface area (Å²) in [6.07, 6.45) is -0.810. The van der Waals surface area contributed by atoms with Crippen LogP contribution < -0.4 is 4.74 Å². The van der Waals surface area contributed by atoms with Crippen molar-refractivity contribution in [2.75, 3.05) is 0 Å². The first-order valence-corrected chi connectivity index (χ1v) is 6.69. The molecule has 0 fully saturated rings. The van der Waals surface area contributed by atoms with E-state index in [2.05, 4.69) is 0 Å². The number of benzene rings is 2. The maximum Gasteiger partial charge on any atom is 0.168 e. The van der Waals surface area contributed by atoms with Gasteiger partial charge in [0.2, 0.25) is 0 Å². The number of para-hydroxylation sites is 1. The van der Waals surface area contributed by atoms with Crippen LogP contribution in [0, 0.1) is 19.7 Å². The van der Waals surface area contributed by atoms with Gasteiger partial charge >= 0.3 is 0 Å². The number of aliphatic hydroxyl groups excluding tert-OH is 1. The summed E-state index contributed by atoms with van der Waals surface area (Å²) in [6.45, 7) is 5.29. The fraction of sp³-hybridized carbons (Fsp3) is 0.250. The van der Waals surface area contributed by atoms with Crippen LogP contribution in [0.1, 0.15) is 29.7 Å². The molecule has 2 aromatic carbocycles. The van der Waals surface area contributed by atoms with Crippen LogP contribution in [-0.2, 0) is 0 Å².